The molecule has 0 aromatic heterocycles. The summed E-state index contributed by atoms with van der Waals surface area (Å²) in [6.07, 6.45) is 1.13. The fourth-order valence-corrected chi connectivity index (χ4v) is 1.91. The lowest BCUT2D eigenvalue weighted by Crippen LogP contribution is -2.21. The van der Waals surface area contributed by atoms with E-state index < -0.39 is 0 Å². The van der Waals surface area contributed by atoms with Crippen LogP contribution in [0.1, 0.15) is 30.9 Å². The van der Waals surface area contributed by atoms with Gasteiger partial charge in [0.25, 0.3) is 0 Å². The molecule has 0 saturated heterocycles. The van der Waals surface area contributed by atoms with Gasteiger partial charge in [0.2, 0.25) is 0 Å². The SMILES string of the molecule is CC(C)[C@H]1Cc2ccc(F)cc21. The monoisotopic (exact) mass is 164 g/mol. The average molecular weight is 164 g/mol. The molecular weight excluding hydrogens is 151 g/mol. The van der Waals surface area contributed by atoms with Gasteiger partial charge in [0, 0.05) is 0 Å². The predicted octanol–water partition coefficient (Wildman–Crippen LogP) is 3.12. The van der Waals surface area contributed by atoms with Crippen molar-refractivity contribution in [3.8, 4) is 0 Å². The second kappa shape index (κ2) is 2.58. The maximum atomic E-state index is 12.8. The van der Waals surface area contributed by atoms with Gasteiger partial charge in [-0.05, 0) is 41.5 Å². The highest BCUT2D eigenvalue weighted by atomic mass is 19.1. The molecule has 64 valence electrons. The van der Waals surface area contributed by atoms with Gasteiger partial charge in [0.15, 0.2) is 0 Å². The third-order valence-corrected chi connectivity index (χ3v) is 2.75. The molecule has 0 bridgehead atoms. The zero-order chi connectivity index (χ0) is 8.72. The van der Waals surface area contributed by atoms with E-state index >= 15 is 0 Å². The Labute approximate surface area is 72.4 Å². The molecule has 1 aliphatic rings. The number of fused-ring (bicyclic) bond motifs is 1. The number of rotatable bonds is 1. The van der Waals surface area contributed by atoms with Crippen molar-refractivity contribution < 1.29 is 4.39 Å². The van der Waals surface area contributed by atoms with Crippen molar-refractivity contribution in [2.45, 2.75) is 26.2 Å². The van der Waals surface area contributed by atoms with E-state index in [1.54, 1.807) is 12.1 Å². The van der Waals surface area contributed by atoms with Gasteiger partial charge in [-0.15, -0.1) is 0 Å². The van der Waals surface area contributed by atoms with Crippen LogP contribution in [-0.2, 0) is 6.42 Å². The van der Waals surface area contributed by atoms with Gasteiger partial charge in [-0.25, -0.2) is 4.39 Å². The lowest BCUT2D eigenvalue weighted by Gasteiger charge is -2.33. The fraction of sp³-hybridized carbons (Fsp3) is 0.455. The highest BCUT2D eigenvalue weighted by molar-refractivity contribution is 5.40. The summed E-state index contributed by atoms with van der Waals surface area (Å²) in [5, 5.41) is 0. The molecule has 0 aliphatic heterocycles. The molecule has 0 spiro atoms. The zero-order valence-electron chi connectivity index (χ0n) is 7.47. The van der Waals surface area contributed by atoms with E-state index in [1.165, 1.54) is 11.1 Å². The molecule has 1 aromatic rings. The van der Waals surface area contributed by atoms with E-state index in [0.717, 1.165) is 6.42 Å². The van der Waals surface area contributed by atoms with E-state index in [4.69, 9.17) is 0 Å². The van der Waals surface area contributed by atoms with Crippen molar-refractivity contribution in [1.29, 1.82) is 0 Å². The molecular formula is C11H13F. The Hall–Kier alpha value is -0.850. The van der Waals surface area contributed by atoms with Crippen LogP contribution in [0.3, 0.4) is 0 Å². The minimum atomic E-state index is -0.0981. The quantitative estimate of drug-likeness (QED) is 0.598. The van der Waals surface area contributed by atoms with Crippen molar-refractivity contribution >= 4 is 0 Å². The van der Waals surface area contributed by atoms with Gasteiger partial charge in [0.05, 0.1) is 0 Å². The normalized spacial score (nSPS) is 20.5. The van der Waals surface area contributed by atoms with E-state index in [0.29, 0.717) is 11.8 Å². The Balaban J connectivity index is 2.33. The molecule has 0 saturated carbocycles. The molecule has 0 nitrogen and oxygen atoms in total. The first-order valence-corrected chi connectivity index (χ1v) is 4.47. The molecule has 0 amide bonds. The first-order chi connectivity index (χ1) is 5.68. The molecule has 0 heterocycles. The van der Waals surface area contributed by atoms with Gasteiger partial charge >= 0.3 is 0 Å². The van der Waals surface area contributed by atoms with Crippen LogP contribution in [0.2, 0.25) is 0 Å². The first kappa shape index (κ1) is 7.78. The molecule has 0 radical (unpaired) electrons. The molecule has 2 rings (SSSR count). The summed E-state index contributed by atoms with van der Waals surface area (Å²) in [6.45, 7) is 4.39. The van der Waals surface area contributed by atoms with Crippen LogP contribution in [0.4, 0.5) is 4.39 Å². The fourth-order valence-electron chi connectivity index (χ4n) is 1.91. The van der Waals surface area contributed by atoms with E-state index in [-0.39, 0.29) is 5.82 Å². The minimum absolute atomic E-state index is 0.0981. The summed E-state index contributed by atoms with van der Waals surface area (Å²) < 4.78 is 12.8. The maximum Gasteiger partial charge on any atom is 0.123 e. The number of halogens is 1. The van der Waals surface area contributed by atoms with Crippen LogP contribution in [0.25, 0.3) is 0 Å². The average Bonchev–Trinajstić information content (AvgIpc) is 1.95. The summed E-state index contributed by atoms with van der Waals surface area (Å²) in [5.41, 5.74) is 2.56. The lowest BCUT2D eigenvalue weighted by molar-refractivity contribution is 0.446. The first-order valence-electron chi connectivity index (χ1n) is 4.47. The van der Waals surface area contributed by atoms with E-state index in [9.17, 15) is 4.39 Å². The van der Waals surface area contributed by atoms with Gasteiger partial charge in [-0.3, -0.25) is 0 Å². The molecule has 1 aromatic carbocycles. The van der Waals surface area contributed by atoms with E-state index in [1.807, 2.05) is 6.07 Å². The topological polar surface area (TPSA) is 0 Å². The van der Waals surface area contributed by atoms with Crippen molar-refractivity contribution in [3.05, 3.63) is 35.1 Å². The Kier molecular flexibility index (Phi) is 1.67. The Morgan fingerprint density at radius 2 is 2.17 bits per heavy atom. The molecule has 0 fully saturated rings. The van der Waals surface area contributed by atoms with Gasteiger partial charge in [-0.1, -0.05) is 19.9 Å². The van der Waals surface area contributed by atoms with Crippen LogP contribution in [-0.4, -0.2) is 0 Å². The van der Waals surface area contributed by atoms with Crippen molar-refractivity contribution in [3.63, 3.8) is 0 Å². The summed E-state index contributed by atoms with van der Waals surface area (Å²) in [5.74, 6) is 1.13. The van der Waals surface area contributed by atoms with Crippen LogP contribution in [0.5, 0.6) is 0 Å². The van der Waals surface area contributed by atoms with Gasteiger partial charge in [-0.2, -0.15) is 0 Å². The number of hydrogen-bond acceptors (Lipinski definition) is 0. The minimum Gasteiger partial charge on any atom is -0.207 e. The standard InChI is InChI=1S/C11H13F/c1-7(2)10-5-8-3-4-9(12)6-11(8)10/h3-4,6-7,10H,5H2,1-2H3/t10-/m1/s1. The summed E-state index contributed by atoms with van der Waals surface area (Å²) in [6, 6.07) is 5.14. The summed E-state index contributed by atoms with van der Waals surface area (Å²) >= 11 is 0. The van der Waals surface area contributed by atoms with Crippen LogP contribution in [0.15, 0.2) is 18.2 Å². The largest absolute Gasteiger partial charge is 0.207 e. The third-order valence-electron chi connectivity index (χ3n) is 2.75. The molecule has 0 unspecified atom stereocenters. The predicted molar refractivity (Wildman–Crippen MR) is 47.7 cm³/mol. The van der Waals surface area contributed by atoms with Crippen LogP contribution in [0, 0.1) is 11.7 Å². The smallest absolute Gasteiger partial charge is 0.123 e. The Morgan fingerprint density at radius 1 is 1.42 bits per heavy atom. The lowest BCUT2D eigenvalue weighted by atomic mass is 9.72. The second-order valence-electron chi connectivity index (χ2n) is 3.90. The van der Waals surface area contributed by atoms with Crippen molar-refractivity contribution in [2.24, 2.45) is 5.92 Å². The Bertz CT molecular complexity index is 302. The molecule has 0 N–H and O–H groups in total. The van der Waals surface area contributed by atoms with Crippen molar-refractivity contribution in [1.82, 2.24) is 0 Å². The third kappa shape index (κ3) is 1.04. The van der Waals surface area contributed by atoms with Crippen molar-refractivity contribution in [2.75, 3.05) is 0 Å². The van der Waals surface area contributed by atoms with Crippen LogP contribution >= 0.6 is 0 Å². The van der Waals surface area contributed by atoms with E-state index in [2.05, 4.69) is 13.8 Å². The highest BCUT2D eigenvalue weighted by Gasteiger charge is 2.28. The Morgan fingerprint density at radius 3 is 2.83 bits per heavy atom. The number of benzene rings is 1. The molecule has 1 atom stereocenters. The number of hydrogen-bond donors (Lipinski definition) is 0. The molecule has 1 heteroatoms. The molecule has 1 aliphatic carbocycles. The summed E-state index contributed by atoms with van der Waals surface area (Å²) in [7, 11) is 0. The zero-order valence-corrected chi connectivity index (χ0v) is 7.47. The van der Waals surface area contributed by atoms with Gasteiger partial charge in [0.1, 0.15) is 5.82 Å². The maximum absolute atomic E-state index is 12.8. The highest BCUT2D eigenvalue weighted by Crippen LogP contribution is 2.40. The molecule has 12 heavy (non-hydrogen) atoms. The second-order valence-corrected chi connectivity index (χ2v) is 3.90. The summed E-state index contributed by atoms with van der Waals surface area (Å²) in [4.78, 5) is 0. The van der Waals surface area contributed by atoms with Crippen LogP contribution < -0.4 is 0 Å². The van der Waals surface area contributed by atoms with Gasteiger partial charge < -0.3 is 0 Å².